The highest BCUT2D eigenvalue weighted by molar-refractivity contribution is 8.10. The van der Waals surface area contributed by atoms with Crippen LogP contribution in [-0.2, 0) is 16.0 Å². The lowest BCUT2D eigenvalue weighted by atomic mass is 10.1. The molecule has 0 aliphatic rings. The second kappa shape index (κ2) is 6.24. The van der Waals surface area contributed by atoms with E-state index in [0.29, 0.717) is 11.5 Å². The normalized spacial score (nSPS) is 11.2. The highest BCUT2D eigenvalue weighted by Gasteiger charge is 2.02. The second-order valence-electron chi connectivity index (χ2n) is 2.85. The number of hydrogen-bond donors (Lipinski definition) is 0. The quantitative estimate of drug-likeness (QED) is 0.341. The van der Waals surface area contributed by atoms with Crippen LogP contribution in [0.15, 0.2) is 28.7 Å². The summed E-state index contributed by atoms with van der Waals surface area (Å²) in [6.45, 7) is 2.10. The Labute approximate surface area is 93.7 Å². The number of rotatable bonds is 4. The van der Waals surface area contributed by atoms with E-state index >= 15 is 0 Å². The van der Waals surface area contributed by atoms with Gasteiger partial charge < -0.3 is 4.74 Å². The Morgan fingerprint density at radius 1 is 1.47 bits per heavy atom. The molecule has 80 valence electrons. The Hall–Kier alpha value is -1.29. The standard InChI is InChI=1S/C11H13NO2S/c1-3-9-4-6-10(7-5-9)11(14-2)12-15-8-13/h4-8H,3H2,1-2H3. The topological polar surface area (TPSA) is 38.7 Å². The first-order chi connectivity index (χ1) is 7.31. The molecule has 4 heteroatoms. The summed E-state index contributed by atoms with van der Waals surface area (Å²) in [7, 11) is 1.54. The zero-order chi connectivity index (χ0) is 11.1. The van der Waals surface area contributed by atoms with Crippen LogP contribution in [0.25, 0.3) is 0 Å². The molecule has 0 spiro atoms. The molecule has 0 saturated heterocycles. The average Bonchev–Trinajstić information content (AvgIpc) is 2.31. The minimum Gasteiger partial charge on any atom is -0.480 e. The lowest BCUT2D eigenvalue weighted by Gasteiger charge is -2.04. The van der Waals surface area contributed by atoms with Crippen molar-refractivity contribution in [2.45, 2.75) is 13.3 Å². The maximum atomic E-state index is 10.2. The maximum absolute atomic E-state index is 10.2. The first-order valence-electron chi connectivity index (χ1n) is 4.62. The van der Waals surface area contributed by atoms with Crippen LogP contribution in [0.5, 0.6) is 0 Å². The van der Waals surface area contributed by atoms with Crippen molar-refractivity contribution in [2.24, 2.45) is 4.40 Å². The lowest BCUT2D eigenvalue weighted by Crippen LogP contribution is -2.02. The van der Waals surface area contributed by atoms with Gasteiger partial charge in [0.15, 0.2) is 5.62 Å². The molecule has 1 rings (SSSR count). The maximum Gasteiger partial charge on any atom is 0.227 e. The Bertz CT molecular complexity index is 346. The highest BCUT2D eigenvalue weighted by Crippen LogP contribution is 2.09. The summed E-state index contributed by atoms with van der Waals surface area (Å²) < 4.78 is 9.01. The van der Waals surface area contributed by atoms with E-state index < -0.39 is 0 Å². The van der Waals surface area contributed by atoms with E-state index in [2.05, 4.69) is 11.3 Å². The SMILES string of the molecule is CCc1ccc(C(=NSC=O)OC)cc1. The predicted octanol–water partition coefficient (Wildman–Crippen LogP) is 2.48. The van der Waals surface area contributed by atoms with E-state index in [1.807, 2.05) is 24.3 Å². The summed E-state index contributed by atoms with van der Waals surface area (Å²) in [5.41, 5.74) is 2.81. The molecule has 15 heavy (non-hydrogen) atoms. The monoisotopic (exact) mass is 223 g/mol. The average molecular weight is 223 g/mol. The van der Waals surface area contributed by atoms with E-state index in [0.717, 1.165) is 23.9 Å². The van der Waals surface area contributed by atoms with Gasteiger partial charge in [0.2, 0.25) is 5.90 Å². The van der Waals surface area contributed by atoms with Crippen molar-refractivity contribution in [2.75, 3.05) is 7.11 Å². The predicted molar refractivity (Wildman–Crippen MR) is 63.7 cm³/mol. The molecule has 0 atom stereocenters. The van der Waals surface area contributed by atoms with Crippen LogP contribution in [-0.4, -0.2) is 18.6 Å². The smallest absolute Gasteiger partial charge is 0.227 e. The van der Waals surface area contributed by atoms with Crippen LogP contribution < -0.4 is 0 Å². The van der Waals surface area contributed by atoms with Crippen LogP contribution >= 0.6 is 11.9 Å². The van der Waals surface area contributed by atoms with Crippen LogP contribution in [0.3, 0.4) is 0 Å². The van der Waals surface area contributed by atoms with E-state index in [1.165, 1.54) is 12.7 Å². The van der Waals surface area contributed by atoms with Crippen LogP contribution in [0.4, 0.5) is 0 Å². The number of methoxy groups -OCH3 is 1. The molecule has 1 aromatic rings. The van der Waals surface area contributed by atoms with E-state index in [9.17, 15) is 4.79 Å². The molecular formula is C11H13NO2S. The van der Waals surface area contributed by atoms with Crippen molar-refractivity contribution < 1.29 is 9.53 Å². The van der Waals surface area contributed by atoms with Crippen molar-refractivity contribution in [3.05, 3.63) is 35.4 Å². The van der Waals surface area contributed by atoms with Gasteiger partial charge in [0, 0.05) is 5.56 Å². The Kier molecular flexibility index (Phi) is 4.90. The number of nitrogens with zero attached hydrogens (tertiary/aromatic N) is 1. The number of benzene rings is 1. The Morgan fingerprint density at radius 2 is 2.13 bits per heavy atom. The molecule has 0 saturated carbocycles. The van der Waals surface area contributed by atoms with Crippen molar-refractivity contribution in [3.8, 4) is 0 Å². The van der Waals surface area contributed by atoms with Gasteiger partial charge in [-0.1, -0.05) is 19.1 Å². The summed E-state index contributed by atoms with van der Waals surface area (Å²) in [4.78, 5) is 10.2. The highest BCUT2D eigenvalue weighted by atomic mass is 32.2. The lowest BCUT2D eigenvalue weighted by molar-refractivity contribution is 0.406. The molecule has 0 heterocycles. The summed E-state index contributed by atoms with van der Waals surface area (Å²) in [5.74, 6) is 0.467. The molecule has 1 aromatic carbocycles. The van der Waals surface area contributed by atoms with Crippen LogP contribution in [0, 0.1) is 0 Å². The molecule has 0 N–H and O–H groups in total. The molecule has 0 bridgehead atoms. The van der Waals surface area contributed by atoms with Gasteiger partial charge in [0.05, 0.1) is 19.1 Å². The first kappa shape index (κ1) is 11.8. The number of hydrogen-bond acceptors (Lipinski definition) is 4. The molecule has 0 fully saturated rings. The van der Waals surface area contributed by atoms with Gasteiger partial charge in [-0.15, -0.1) is 0 Å². The Balaban J connectivity index is 2.87. The van der Waals surface area contributed by atoms with Crippen molar-refractivity contribution in [3.63, 3.8) is 0 Å². The number of aryl methyl sites for hydroxylation is 1. The summed E-state index contributed by atoms with van der Waals surface area (Å²) >= 11 is 0.828. The number of ether oxygens (including phenoxy) is 1. The summed E-state index contributed by atoms with van der Waals surface area (Å²) in [5, 5.41) is 0. The van der Waals surface area contributed by atoms with Crippen molar-refractivity contribution in [1.29, 1.82) is 0 Å². The van der Waals surface area contributed by atoms with Crippen LogP contribution in [0.2, 0.25) is 0 Å². The molecule has 0 aromatic heterocycles. The number of carbonyl (C=O) groups excluding carboxylic acids is 1. The third kappa shape index (κ3) is 3.40. The molecule has 0 aliphatic heterocycles. The molecular weight excluding hydrogens is 210 g/mol. The molecule has 0 amide bonds. The molecule has 3 nitrogen and oxygen atoms in total. The van der Waals surface area contributed by atoms with Crippen molar-refractivity contribution in [1.82, 2.24) is 0 Å². The molecule has 0 aliphatic carbocycles. The van der Waals surface area contributed by atoms with Gasteiger partial charge in [-0.25, -0.2) is 0 Å². The fraction of sp³-hybridized carbons (Fsp3) is 0.273. The fourth-order valence-electron chi connectivity index (χ4n) is 1.16. The third-order valence-corrected chi connectivity index (χ3v) is 2.34. The summed E-state index contributed by atoms with van der Waals surface area (Å²) in [6.07, 6.45) is 1.00. The van der Waals surface area contributed by atoms with E-state index in [-0.39, 0.29) is 0 Å². The van der Waals surface area contributed by atoms with E-state index in [4.69, 9.17) is 4.74 Å². The van der Waals surface area contributed by atoms with E-state index in [1.54, 1.807) is 0 Å². The largest absolute Gasteiger partial charge is 0.480 e. The van der Waals surface area contributed by atoms with Gasteiger partial charge in [-0.3, -0.25) is 4.79 Å². The minimum atomic E-state index is 0.467. The minimum absolute atomic E-state index is 0.467. The zero-order valence-electron chi connectivity index (χ0n) is 8.77. The van der Waals surface area contributed by atoms with Gasteiger partial charge in [0.25, 0.3) is 0 Å². The van der Waals surface area contributed by atoms with Gasteiger partial charge in [-0.05, 0) is 24.1 Å². The number of carbonyl (C=O) groups is 1. The third-order valence-electron chi connectivity index (χ3n) is 1.98. The van der Waals surface area contributed by atoms with Gasteiger partial charge >= 0.3 is 0 Å². The summed E-state index contributed by atoms with van der Waals surface area (Å²) in [6, 6.07) is 7.92. The fourth-order valence-corrected chi connectivity index (χ4v) is 1.48. The Morgan fingerprint density at radius 3 is 2.60 bits per heavy atom. The molecule has 0 unspecified atom stereocenters. The van der Waals surface area contributed by atoms with Gasteiger partial charge in [-0.2, -0.15) is 4.40 Å². The molecule has 0 radical (unpaired) electrons. The first-order valence-corrected chi connectivity index (χ1v) is 5.46. The van der Waals surface area contributed by atoms with Crippen LogP contribution in [0.1, 0.15) is 18.1 Å². The zero-order valence-corrected chi connectivity index (χ0v) is 9.58. The van der Waals surface area contributed by atoms with Crippen molar-refractivity contribution >= 4 is 23.5 Å². The van der Waals surface area contributed by atoms with Gasteiger partial charge in [0.1, 0.15) is 0 Å². The second-order valence-corrected chi connectivity index (χ2v) is 3.44.